The molecule has 0 radical (unpaired) electrons. The number of aliphatic hydroxyl groups is 1. The van der Waals surface area contributed by atoms with Gasteiger partial charge in [-0.2, -0.15) is 13.2 Å². The van der Waals surface area contributed by atoms with Crippen molar-refractivity contribution in [1.82, 2.24) is 14.9 Å². The van der Waals surface area contributed by atoms with Crippen molar-refractivity contribution in [1.29, 1.82) is 0 Å². The van der Waals surface area contributed by atoms with Crippen molar-refractivity contribution in [2.75, 3.05) is 6.54 Å². The SMILES string of the molecule is C[C@@H]1CC[C@H](NCC[C@@](O)(c2nccn2C)C(F)(F)F)[C@@H](C)C1. The van der Waals surface area contributed by atoms with E-state index in [0.717, 1.165) is 19.3 Å². The minimum atomic E-state index is -4.76. The van der Waals surface area contributed by atoms with Crippen molar-refractivity contribution < 1.29 is 18.3 Å². The summed E-state index contributed by atoms with van der Waals surface area (Å²) < 4.78 is 41.5. The standard InChI is InChI=1S/C16H26F3N3O/c1-11-4-5-13(12(2)10-11)20-7-6-15(23,16(17,18)19)14-21-8-9-22(14)3/h8-9,11-13,20,23H,4-7,10H2,1-3H3/t11-,12+,13+,15-/m1/s1. The highest BCUT2D eigenvalue weighted by Gasteiger charge is 2.57. The molecule has 0 aliphatic heterocycles. The number of imidazole rings is 1. The first-order valence-electron chi connectivity index (χ1n) is 8.15. The smallest absolute Gasteiger partial charge is 0.374 e. The van der Waals surface area contributed by atoms with Gasteiger partial charge in [-0.25, -0.2) is 4.98 Å². The van der Waals surface area contributed by atoms with Crippen LogP contribution in [0.15, 0.2) is 12.4 Å². The molecular weight excluding hydrogens is 307 g/mol. The highest BCUT2D eigenvalue weighted by atomic mass is 19.4. The van der Waals surface area contributed by atoms with E-state index in [1.54, 1.807) is 0 Å². The summed E-state index contributed by atoms with van der Waals surface area (Å²) in [4.78, 5) is 3.71. The molecule has 132 valence electrons. The molecule has 2 rings (SSSR count). The largest absolute Gasteiger partial charge is 0.424 e. The molecule has 7 heteroatoms. The van der Waals surface area contributed by atoms with Crippen LogP contribution in [0, 0.1) is 11.8 Å². The van der Waals surface area contributed by atoms with E-state index in [2.05, 4.69) is 24.1 Å². The number of alkyl halides is 3. The van der Waals surface area contributed by atoms with Crippen molar-refractivity contribution >= 4 is 0 Å². The summed E-state index contributed by atoms with van der Waals surface area (Å²) in [6, 6.07) is 0.213. The van der Waals surface area contributed by atoms with Gasteiger partial charge in [-0.3, -0.25) is 0 Å². The van der Waals surface area contributed by atoms with Crippen LogP contribution in [0.25, 0.3) is 0 Å². The average Bonchev–Trinajstić information content (AvgIpc) is 2.86. The number of halogens is 3. The van der Waals surface area contributed by atoms with E-state index in [1.165, 1.54) is 24.0 Å². The molecule has 1 aliphatic rings. The fraction of sp³-hybridized carbons (Fsp3) is 0.812. The Morgan fingerprint density at radius 1 is 1.35 bits per heavy atom. The molecule has 4 nitrogen and oxygen atoms in total. The number of nitrogens with zero attached hydrogens (tertiary/aromatic N) is 2. The molecule has 0 unspecified atom stereocenters. The van der Waals surface area contributed by atoms with Gasteiger partial charge in [-0.05, 0) is 37.6 Å². The second-order valence-corrected chi connectivity index (χ2v) is 6.93. The highest BCUT2D eigenvalue weighted by molar-refractivity contribution is 5.08. The average molecular weight is 333 g/mol. The lowest BCUT2D eigenvalue weighted by Crippen LogP contribution is -2.48. The van der Waals surface area contributed by atoms with Crippen molar-refractivity contribution in [3.05, 3.63) is 18.2 Å². The van der Waals surface area contributed by atoms with E-state index in [4.69, 9.17) is 0 Å². The molecule has 1 aromatic rings. The fourth-order valence-electron chi connectivity index (χ4n) is 3.55. The third-order valence-electron chi connectivity index (χ3n) is 4.98. The van der Waals surface area contributed by atoms with Gasteiger partial charge in [-0.15, -0.1) is 0 Å². The number of hydrogen-bond acceptors (Lipinski definition) is 3. The lowest BCUT2D eigenvalue weighted by molar-refractivity contribution is -0.272. The Kier molecular flexibility index (Phi) is 5.41. The van der Waals surface area contributed by atoms with E-state index in [9.17, 15) is 18.3 Å². The summed E-state index contributed by atoms with van der Waals surface area (Å²) >= 11 is 0. The summed E-state index contributed by atoms with van der Waals surface area (Å²) in [7, 11) is 1.46. The van der Waals surface area contributed by atoms with Gasteiger partial charge in [0.2, 0.25) is 5.60 Å². The van der Waals surface area contributed by atoms with Crippen molar-refractivity contribution in [2.24, 2.45) is 18.9 Å². The minimum absolute atomic E-state index is 0.103. The van der Waals surface area contributed by atoms with Crippen LogP contribution in [0.2, 0.25) is 0 Å². The molecule has 1 saturated carbocycles. The quantitative estimate of drug-likeness (QED) is 0.871. The van der Waals surface area contributed by atoms with E-state index >= 15 is 0 Å². The number of nitrogens with one attached hydrogen (secondary N) is 1. The second-order valence-electron chi connectivity index (χ2n) is 6.93. The molecule has 1 aliphatic carbocycles. The third kappa shape index (κ3) is 3.88. The Hall–Kier alpha value is -1.08. The topological polar surface area (TPSA) is 50.1 Å². The van der Waals surface area contributed by atoms with E-state index in [1.807, 2.05) is 0 Å². The van der Waals surface area contributed by atoms with Gasteiger partial charge in [-0.1, -0.05) is 13.8 Å². The normalized spacial score (nSPS) is 28.6. The van der Waals surface area contributed by atoms with Crippen LogP contribution >= 0.6 is 0 Å². The summed E-state index contributed by atoms with van der Waals surface area (Å²) in [6.07, 6.45) is 0.607. The molecule has 23 heavy (non-hydrogen) atoms. The van der Waals surface area contributed by atoms with Crippen LogP contribution < -0.4 is 5.32 Å². The van der Waals surface area contributed by atoms with Crippen LogP contribution in [0.3, 0.4) is 0 Å². The lowest BCUT2D eigenvalue weighted by Gasteiger charge is -2.35. The van der Waals surface area contributed by atoms with E-state index in [0.29, 0.717) is 11.8 Å². The van der Waals surface area contributed by atoms with E-state index in [-0.39, 0.29) is 18.4 Å². The zero-order valence-electron chi connectivity index (χ0n) is 13.9. The first-order chi connectivity index (χ1) is 10.6. The maximum atomic E-state index is 13.4. The van der Waals surface area contributed by atoms with Gasteiger partial charge in [0, 0.05) is 31.9 Å². The molecule has 0 amide bonds. The zero-order chi connectivity index (χ0) is 17.3. The predicted molar refractivity (Wildman–Crippen MR) is 81.7 cm³/mol. The summed E-state index contributed by atoms with van der Waals surface area (Å²) in [5.41, 5.74) is -2.93. The molecule has 1 aromatic heterocycles. The molecule has 0 bridgehead atoms. The Bertz CT molecular complexity index is 517. The van der Waals surface area contributed by atoms with Crippen LogP contribution in [0.1, 0.15) is 45.4 Å². The van der Waals surface area contributed by atoms with Gasteiger partial charge in [0.15, 0.2) is 0 Å². The first kappa shape index (κ1) is 18.3. The molecule has 0 saturated heterocycles. The molecule has 0 spiro atoms. The number of aromatic nitrogens is 2. The van der Waals surface area contributed by atoms with Crippen LogP contribution in [-0.4, -0.2) is 33.4 Å². The monoisotopic (exact) mass is 333 g/mol. The Balaban J connectivity index is 2.02. The number of hydrogen-bond donors (Lipinski definition) is 2. The van der Waals surface area contributed by atoms with Crippen molar-refractivity contribution in [3.8, 4) is 0 Å². The Labute approximate surface area is 135 Å². The predicted octanol–water partition coefficient (Wildman–Crippen LogP) is 2.97. The van der Waals surface area contributed by atoms with Gasteiger partial charge in [0.25, 0.3) is 0 Å². The van der Waals surface area contributed by atoms with Gasteiger partial charge in [0.1, 0.15) is 5.82 Å². The number of rotatable bonds is 5. The molecular formula is C16H26F3N3O. The lowest BCUT2D eigenvalue weighted by atomic mass is 9.80. The van der Waals surface area contributed by atoms with Gasteiger partial charge in [0.05, 0.1) is 0 Å². The number of aryl methyl sites for hydroxylation is 1. The minimum Gasteiger partial charge on any atom is -0.374 e. The van der Waals surface area contributed by atoms with Crippen molar-refractivity contribution in [3.63, 3.8) is 0 Å². The summed E-state index contributed by atoms with van der Waals surface area (Å²) in [5, 5.41) is 13.5. The fourth-order valence-corrected chi connectivity index (χ4v) is 3.55. The maximum absolute atomic E-state index is 13.4. The van der Waals surface area contributed by atoms with E-state index < -0.39 is 18.2 Å². The Morgan fingerprint density at radius 3 is 2.57 bits per heavy atom. The summed E-state index contributed by atoms with van der Waals surface area (Å²) in [5.74, 6) is 0.741. The summed E-state index contributed by atoms with van der Waals surface area (Å²) in [6.45, 7) is 4.44. The molecule has 1 fully saturated rings. The third-order valence-corrected chi connectivity index (χ3v) is 4.98. The molecule has 0 aromatic carbocycles. The molecule has 1 heterocycles. The molecule has 2 N–H and O–H groups in total. The highest BCUT2D eigenvalue weighted by Crippen LogP contribution is 2.40. The maximum Gasteiger partial charge on any atom is 0.424 e. The zero-order valence-corrected chi connectivity index (χ0v) is 13.9. The van der Waals surface area contributed by atoms with Crippen LogP contribution in [0.5, 0.6) is 0 Å². The Morgan fingerprint density at radius 2 is 2.04 bits per heavy atom. The second kappa shape index (κ2) is 6.81. The van der Waals surface area contributed by atoms with Crippen LogP contribution in [-0.2, 0) is 12.6 Å². The molecule has 4 atom stereocenters. The van der Waals surface area contributed by atoms with Crippen molar-refractivity contribution in [2.45, 2.75) is 57.3 Å². The first-order valence-corrected chi connectivity index (χ1v) is 8.15. The van der Waals surface area contributed by atoms with Crippen LogP contribution in [0.4, 0.5) is 13.2 Å². The van der Waals surface area contributed by atoms with Gasteiger partial charge < -0.3 is 15.0 Å². The van der Waals surface area contributed by atoms with Gasteiger partial charge >= 0.3 is 6.18 Å².